The lowest BCUT2D eigenvalue weighted by Crippen LogP contribution is -2.50. The van der Waals surface area contributed by atoms with Gasteiger partial charge in [0.2, 0.25) is 0 Å². The number of rotatable bonds is 7. The Bertz CT molecular complexity index is 555. The van der Waals surface area contributed by atoms with Crippen molar-refractivity contribution in [3.8, 4) is 0 Å². The van der Waals surface area contributed by atoms with Gasteiger partial charge in [-0.05, 0) is 31.7 Å². The highest BCUT2D eigenvalue weighted by atomic mass is 35.5. The number of nitrogens with zero attached hydrogens (tertiary/aromatic N) is 2. The first-order valence-electron chi connectivity index (χ1n) is 8.08. The second kappa shape index (κ2) is 8.14. The SMILES string of the molecule is O=C(NOC[C@@H]1C[C@@H](CCl)CN1)C1CCC2CN1C(=O)N2OS(=O)[O-]. The van der Waals surface area contributed by atoms with Gasteiger partial charge in [-0.15, -0.1) is 11.6 Å². The van der Waals surface area contributed by atoms with Gasteiger partial charge in [-0.1, -0.05) is 0 Å². The molecule has 3 fully saturated rings. The van der Waals surface area contributed by atoms with Crippen LogP contribution in [-0.2, 0) is 25.3 Å². The Labute approximate surface area is 152 Å². The second-order valence-corrected chi connectivity index (χ2v) is 7.29. The number of hydrogen-bond donors (Lipinski definition) is 2. The number of carbonyl (C=O) groups is 2. The third-order valence-corrected chi connectivity index (χ3v) is 5.47. The summed E-state index contributed by atoms with van der Waals surface area (Å²) in [5, 5.41) is 4.07. The van der Waals surface area contributed by atoms with E-state index in [4.69, 9.17) is 16.4 Å². The number of halogens is 1. The average Bonchev–Trinajstić information content (AvgIpc) is 3.14. The van der Waals surface area contributed by atoms with Crippen LogP contribution in [0.25, 0.3) is 0 Å². The lowest BCUT2D eigenvalue weighted by atomic mass is 10.0. The number of amides is 3. The van der Waals surface area contributed by atoms with E-state index in [1.165, 1.54) is 4.90 Å². The Morgan fingerprint density at radius 2 is 2.28 bits per heavy atom. The summed E-state index contributed by atoms with van der Waals surface area (Å²) in [5.41, 5.74) is 2.38. The highest BCUT2D eigenvalue weighted by molar-refractivity contribution is 7.74. The fourth-order valence-corrected chi connectivity index (χ4v) is 4.05. The molecule has 0 aliphatic carbocycles. The first-order chi connectivity index (χ1) is 12.0. The highest BCUT2D eigenvalue weighted by Gasteiger charge is 2.48. The first kappa shape index (κ1) is 18.8. The normalized spacial score (nSPS) is 33.0. The predicted octanol–water partition coefficient (Wildman–Crippen LogP) is -0.755. The molecule has 3 aliphatic heterocycles. The summed E-state index contributed by atoms with van der Waals surface area (Å²) >= 11 is 2.98. The van der Waals surface area contributed by atoms with Gasteiger partial charge < -0.3 is 14.8 Å². The van der Waals surface area contributed by atoms with Crippen LogP contribution < -0.4 is 10.8 Å². The molecule has 0 aromatic carbocycles. The molecule has 0 saturated carbocycles. The third kappa shape index (κ3) is 4.23. The van der Waals surface area contributed by atoms with Crippen molar-refractivity contribution in [2.24, 2.45) is 5.92 Å². The molecule has 0 aromatic heterocycles. The maximum Gasteiger partial charge on any atom is 0.346 e. The van der Waals surface area contributed by atoms with Crippen molar-refractivity contribution in [3.05, 3.63) is 0 Å². The van der Waals surface area contributed by atoms with Crippen LogP contribution in [0.15, 0.2) is 0 Å². The van der Waals surface area contributed by atoms with Gasteiger partial charge in [0.25, 0.3) is 5.91 Å². The van der Waals surface area contributed by atoms with E-state index in [1.54, 1.807) is 0 Å². The topological polar surface area (TPSA) is 123 Å². The van der Waals surface area contributed by atoms with E-state index < -0.39 is 29.3 Å². The Morgan fingerprint density at radius 1 is 1.48 bits per heavy atom. The van der Waals surface area contributed by atoms with Crippen LogP contribution in [-0.4, -0.2) is 74.4 Å². The lowest BCUT2D eigenvalue weighted by molar-refractivity contribution is -0.139. The van der Waals surface area contributed by atoms with Gasteiger partial charge in [0.05, 0.1) is 12.6 Å². The number of hydroxylamine groups is 3. The number of urea groups is 1. The Balaban J connectivity index is 1.47. The zero-order chi connectivity index (χ0) is 18.0. The van der Waals surface area contributed by atoms with Gasteiger partial charge in [0, 0.05) is 18.5 Å². The van der Waals surface area contributed by atoms with Gasteiger partial charge in [-0.2, -0.15) is 9.35 Å². The summed E-state index contributed by atoms with van der Waals surface area (Å²) in [6.45, 7) is 1.39. The maximum atomic E-state index is 12.3. The quantitative estimate of drug-likeness (QED) is 0.330. The molecule has 5 atom stereocenters. The molecule has 3 unspecified atom stereocenters. The molecule has 0 spiro atoms. The van der Waals surface area contributed by atoms with Gasteiger partial charge in [-0.3, -0.25) is 9.63 Å². The molecule has 2 bridgehead atoms. The second-order valence-electron chi connectivity index (χ2n) is 6.42. The van der Waals surface area contributed by atoms with E-state index >= 15 is 0 Å². The van der Waals surface area contributed by atoms with E-state index in [9.17, 15) is 18.4 Å². The molecule has 0 aromatic rings. The van der Waals surface area contributed by atoms with Gasteiger partial charge >= 0.3 is 6.03 Å². The average molecular weight is 396 g/mol. The minimum absolute atomic E-state index is 0.129. The Hall–Kier alpha value is -0.980. The van der Waals surface area contributed by atoms with E-state index in [2.05, 4.69) is 15.1 Å². The molecule has 3 aliphatic rings. The minimum atomic E-state index is -2.83. The minimum Gasteiger partial charge on any atom is -0.748 e. The predicted molar refractivity (Wildman–Crippen MR) is 85.5 cm³/mol. The van der Waals surface area contributed by atoms with E-state index in [1.807, 2.05) is 0 Å². The van der Waals surface area contributed by atoms with Crippen LogP contribution in [0.3, 0.4) is 0 Å². The largest absolute Gasteiger partial charge is 0.748 e. The fraction of sp³-hybridized carbons (Fsp3) is 0.846. The standard InChI is InChI=1S/C13H21ClN4O6S/c14-4-8-3-9(15-5-8)7-23-16-12(19)11-2-1-10-6-17(11)13(20)18(10)24-25(21)22/h8-11,15H,1-7H2,(H,16,19)(H,21,22)/p-1/t8-,9-,10?,11?/m0/s1. The van der Waals surface area contributed by atoms with E-state index in [-0.39, 0.29) is 18.6 Å². The molecule has 142 valence electrons. The van der Waals surface area contributed by atoms with Crippen molar-refractivity contribution < 1.29 is 27.5 Å². The summed E-state index contributed by atoms with van der Waals surface area (Å²) in [6, 6.07) is -1.58. The summed E-state index contributed by atoms with van der Waals surface area (Å²) in [5.74, 6) is 0.563. The van der Waals surface area contributed by atoms with Crippen LogP contribution in [0.5, 0.6) is 0 Å². The highest BCUT2D eigenvalue weighted by Crippen LogP contribution is 2.30. The van der Waals surface area contributed by atoms with Crippen LogP contribution in [0, 0.1) is 5.92 Å². The molecule has 0 radical (unpaired) electrons. The van der Waals surface area contributed by atoms with E-state index in [0.29, 0.717) is 31.2 Å². The summed E-state index contributed by atoms with van der Waals surface area (Å²) in [7, 11) is 0. The number of piperidine rings is 1. The molecule has 10 nitrogen and oxygen atoms in total. The number of fused-ring (bicyclic) bond motifs is 2. The zero-order valence-electron chi connectivity index (χ0n) is 13.4. The number of alkyl halides is 1. The van der Waals surface area contributed by atoms with Crippen LogP contribution >= 0.6 is 11.6 Å². The number of hydrogen-bond acceptors (Lipinski definition) is 7. The molecule has 3 amide bonds. The van der Waals surface area contributed by atoms with Crippen molar-refractivity contribution in [1.82, 2.24) is 20.8 Å². The molecule has 12 heteroatoms. The maximum absolute atomic E-state index is 12.3. The third-order valence-electron chi connectivity index (χ3n) is 4.76. The first-order valence-corrected chi connectivity index (χ1v) is 9.61. The molecule has 3 rings (SSSR count). The number of carbonyl (C=O) groups excluding carboxylic acids is 2. The zero-order valence-corrected chi connectivity index (χ0v) is 15.0. The van der Waals surface area contributed by atoms with E-state index in [0.717, 1.165) is 18.0 Å². The Kier molecular flexibility index (Phi) is 6.12. The monoisotopic (exact) mass is 395 g/mol. The molecule has 3 saturated heterocycles. The summed E-state index contributed by atoms with van der Waals surface area (Å²) in [6.07, 6.45) is 1.76. The van der Waals surface area contributed by atoms with Crippen molar-refractivity contribution in [3.63, 3.8) is 0 Å². The van der Waals surface area contributed by atoms with Crippen LogP contribution in [0.1, 0.15) is 19.3 Å². The van der Waals surface area contributed by atoms with Gasteiger partial charge in [-0.25, -0.2) is 14.5 Å². The van der Waals surface area contributed by atoms with Gasteiger partial charge in [0.15, 0.2) is 0 Å². The smallest absolute Gasteiger partial charge is 0.346 e. The number of nitrogens with one attached hydrogen (secondary N) is 2. The van der Waals surface area contributed by atoms with Crippen LogP contribution in [0.4, 0.5) is 4.79 Å². The molecule has 25 heavy (non-hydrogen) atoms. The van der Waals surface area contributed by atoms with Gasteiger partial charge in [0.1, 0.15) is 17.4 Å². The molecular weight excluding hydrogens is 376 g/mol. The van der Waals surface area contributed by atoms with Crippen molar-refractivity contribution in [1.29, 1.82) is 0 Å². The molecule has 2 N–H and O–H groups in total. The van der Waals surface area contributed by atoms with Crippen molar-refractivity contribution >= 4 is 34.9 Å². The lowest BCUT2D eigenvalue weighted by Gasteiger charge is -2.29. The fourth-order valence-electron chi connectivity index (χ4n) is 3.50. The molecular formula is C13H20ClN4O6S-. The Morgan fingerprint density at radius 3 is 2.96 bits per heavy atom. The molecule has 3 heterocycles. The summed E-state index contributed by atoms with van der Waals surface area (Å²) < 4.78 is 25.8. The summed E-state index contributed by atoms with van der Waals surface area (Å²) in [4.78, 5) is 31.1. The van der Waals surface area contributed by atoms with Crippen molar-refractivity contribution in [2.45, 2.75) is 37.4 Å². The van der Waals surface area contributed by atoms with Crippen molar-refractivity contribution in [2.75, 3.05) is 25.6 Å². The van der Waals surface area contributed by atoms with Crippen LogP contribution in [0.2, 0.25) is 0 Å².